The van der Waals surface area contributed by atoms with Gasteiger partial charge >= 0.3 is 0 Å². The van der Waals surface area contributed by atoms with Gasteiger partial charge in [0.2, 0.25) is 0 Å². The minimum Gasteiger partial charge on any atom is -0.400 e. The maximum atomic E-state index is 6.28. The highest BCUT2D eigenvalue weighted by atomic mass is 14.8. The average molecular weight is 201 g/mol. The van der Waals surface area contributed by atoms with Gasteiger partial charge < -0.3 is 17.2 Å². The SMILES string of the molecule is NC1=C(N)CC(N)(c2ccccc2)C=C1. The van der Waals surface area contributed by atoms with E-state index in [9.17, 15) is 0 Å². The summed E-state index contributed by atoms with van der Waals surface area (Å²) in [6.07, 6.45) is 4.26. The molecule has 78 valence electrons. The molecular formula is C12H15N3. The molecule has 0 spiro atoms. The van der Waals surface area contributed by atoms with Crippen LogP contribution in [0.3, 0.4) is 0 Å². The lowest BCUT2D eigenvalue weighted by molar-refractivity contribution is 0.541. The Morgan fingerprint density at radius 2 is 1.73 bits per heavy atom. The second-order valence-corrected chi connectivity index (χ2v) is 3.90. The number of hydrogen-bond acceptors (Lipinski definition) is 3. The first-order valence-electron chi connectivity index (χ1n) is 4.89. The summed E-state index contributed by atoms with van der Waals surface area (Å²) in [5.41, 5.74) is 19.6. The second kappa shape index (κ2) is 3.44. The van der Waals surface area contributed by atoms with Crippen LogP contribution < -0.4 is 17.2 Å². The summed E-state index contributed by atoms with van der Waals surface area (Å²) < 4.78 is 0. The Bertz CT molecular complexity index is 420. The van der Waals surface area contributed by atoms with Crippen molar-refractivity contribution >= 4 is 0 Å². The molecule has 1 aromatic carbocycles. The van der Waals surface area contributed by atoms with Gasteiger partial charge in [0.05, 0.1) is 11.2 Å². The molecular weight excluding hydrogens is 186 g/mol. The van der Waals surface area contributed by atoms with Crippen LogP contribution in [0.25, 0.3) is 0 Å². The van der Waals surface area contributed by atoms with E-state index >= 15 is 0 Å². The lowest BCUT2D eigenvalue weighted by Gasteiger charge is -2.30. The van der Waals surface area contributed by atoms with Crippen molar-refractivity contribution in [3.63, 3.8) is 0 Å². The first kappa shape index (κ1) is 9.80. The maximum absolute atomic E-state index is 6.28. The largest absolute Gasteiger partial charge is 0.400 e. The Hall–Kier alpha value is -1.74. The highest BCUT2D eigenvalue weighted by molar-refractivity contribution is 5.38. The van der Waals surface area contributed by atoms with Crippen molar-refractivity contribution in [3.05, 3.63) is 59.4 Å². The van der Waals surface area contributed by atoms with E-state index in [2.05, 4.69) is 0 Å². The van der Waals surface area contributed by atoms with Crippen molar-refractivity contribution in [3.8, 4) is 0 Å². The van der Waals surface area contributed by atoms with Gasteiger partial charge in [-0.15, -0.1) is 0 Å². The quantitative estimate of drug-likeness (QED) is 0.632. The van der Waals surface area contributed by atoms with Crippen LogP contribution in [0, 0.1) is 0 Å². The van der Waals surface area contributed by atoms with E-state index in [1.807, 2.05) is 36.4 Å². The molecule has 3 heteroatoms. The molecule has 1 unspecified atom stereocenters. The second-order valence-electron chi connectivity index (χ2n) is 3.90. The van der Waals surface area contributed by atoms with Crippen molar-refractivity contribution in [2.24, 2.45) is 17.2 Å². The molecule has 0 saturated heterocycles. The summed E-state index contributed by atoms with van der Waals surface area (Å²) in [6.45, 7) is 0. The molecule has 1 atom stereocenters. The lowest BCUT2D eigenvalue weighted by Crippen LogP contribution is -2.38. The van der Waals surface area contributed by atoms with Gasteiger partial charge in [0.25, 0.3) is 0 Å². The molecule has 0 radical (unpaired) electrons. The fourth-order valence-corrected chi connectivity index (χ4v) is 1.77. The summed E-state index contributed by atoms with van der Waals surface area (Å²) in [5, 5.41) is 0. The van der Waals surface area contributed by atoms with Gasteiger partial charge in [0.15, 0.2) is 0 Å². The number of rotatable bonds is 1. The Morgan fingerprint density at radius 1 is 1.07 bits per heavy atom. The molecule has 0 aliphatic heterocycles. The smallest absolute Gasteiger partial charge is 0.0654 e. The molecule has 0 heterocycles. The van der Waals surface area contributed by atoms with E-state index in [4.69, 9.17) is 17.2 Å². The molecule has 1 aliphatic carbocycles. The van der Waals surface area contributed by atoms with Crippen LogP contribution in [0.2, 0.25) is 0 Å². The van der Waals surface area contributed by atoms with Crippen LogP contribution >= 0.6 is 0 Å². The van der Waals surface area contributed by atoms with E-state index < -0.39 is 5.54 Å². The number of benzene rings is 1. The predicted octanol–water partition coefficient (Wildman–Crippen LogP) is 0.930. The zero-order valence-electron chi connectivity index (χ0n) is 8.48. The van der Waals surface area contributed by atoms with Crippen LogP contribution in [0.15, 0.2) is 53.9 Å². The highest BCUT2D eigenvalue weighted by Gasteiger charge is 2.27. The first-order valence-corrected chi connectivity index (χ1v) is 4.89. The van der Waals surface area contributed by atoms with Gasteiger partial charge in [-0.05, 0) is 11.6 Å². The van der Waals surface area contributed by atoms with Gasteiger partial charge in [-0.1, -0.05) is 36.4 Å². The third-order valence-electron chi connectivity index (χ3n) is 2.73. The predicted molar refractivity (Wildman–Crippen MR) is 61.5 cm³/mol. The van der Waals surface area contributed by atoms with Gasteiger partial charge in [-0.2, -0.15) is 0 Å². The third-order valence-corrected chi connectivity index (χ3v) is 2.73. The number of allylic oxidation sites excluding steroid dienone is 1. The summed E-state index contributed by atoms with van der Waals surface area (Å²) in [6, 6.07) is 9.90. The van der Waals surface area contributed by atoms with Crippen molar-refractivity contribution in [1.29, 1.82) is 0 Å². The van der Waals surface area contributed by atoms with E-state index in [-0.39, 0.29) is 0 Å². The van der Waals surface area contributed by atoms with E-state index in [1.165, 1.54) is 0 Å². The van der Waals surface area contributed by atoms with Gasteiger partial charge in [0, 0.05) is 12.1 Å². The molecule has 15 heavy (non-hydrogen) atoms. The zero-order chi connectivity index (χ0) is 10.9. The van der Waals surface area contributed by atoms with Crippen molar-refractivity contribution in [1.82, 2.24) is 0 Å². The molecule has 0 saturated carbocycles. The summed E-state index contributed by atoms with van der Waals surface area (Å²) in [4.78, 5) is 0. The molecule has 3 nitrogen and oxygen atoms in total. The third kappa shape index (κ3) is 1.74. The maximum Gasteiger partial charge on any atom is 0.0654 e. The molecule has 0 fully saturated rings. The molecule has 0 bridgehead atoms. The topological polar surface area (TPSA) is 78.1 Å². The Kier molecular flexibility index (Phi) is 2.25. The zero-order valence-corrected chi connectivity index (χ0v) is 8.48. The molecule has 6 N–H and O–H groups in total. The van der Waals surface area contributed by atoms with Gasteiger partial charge in [0.1, 0.15) is 0 Å². The van der Waals surface area contributed by atoms with E-state index in [1.54, 1.807) is 6.08 Å². The summed E-state index contributed by atoms with van der Waals surface area (Å²) in [7, 11) is 0. The summed E-state index contributed by atoms with van der Waals surface area (Å²) >= 11 is 0. The molecule has 0 amide bonds. The average Bonchev–Trinajstić information content (AvgIpc) is 2.26. The van der Waals surface area contributed by atoms with Crippen molar-refractivity contribution in [2.45, 2.75) is 12.0 Å². The highest BCUT2D eigenvalue weighted by Crippen LogP contribution is 2.29. The fourth-order valence-electron chi connectivity index (χ4n) is 1.77. The van der Waals surface area contributed by atoms with Gasteiger partial charge in [-0.3, -0.25) is 0 Å². The van der Waals surface area contributed by atoms with E-state index in [0.717, 1.165) is 5.56 Å². The van der Waals surface area contributed by atoms with Crippen LogP contribution in [0.1, 0.15) is 12.0 Å². The van der Waals surface area contributed by atoms with Crippen LogP contribution in [-0.2, 0) is 5.54 Å². The number of nitrogens with two attached hydrogens (primary N) is 3. The summed E-state index contributed by atoms with van der Waals surface area (Å²) in [5.74, 6) is 0. The minimum atomic E-state index is -0.520. The molecule has 1 aromatic rings. The van der Waals surface area contributed by atoms with Crippen LogP contribution in [0.4, 0.5) is 0 Å². The molecule has 0 aromatic heterocycles. The normalized spacial score (nSPS) is 25.7. The van der Waals surface area contributed by atoms with Crippen molar-refractivity contribution in [2.75, 3.05) is 0 Å². The Balaban J connectivity index is 2.36. The van der Waals surface area contributed by atoms with Gasteiger partial charge in [-0.25, -0.2) is 0 Å². The van der Waals surface area contributed by atoms with Crippen LogP contribution in [0.5, 0.6) is 0 Å². The minimum absolute atomic E-state index is 0.520. The fraction of sp³-hybridized carbons (Fsp3) is 0.167. The monoisotopic (exact) mass is 201 g/mol. The molecule has 2 rings (SSSR count). The Morgan fingerprint density at radius 3 is 2.33 bits per heavy atom. The van der Waals surface area contributed by atoms with Crippen molar-refractivity contribution < 1.29 is 0 Å². The lowest BCUT2D eigenvalue weighted by atomic mass is 9.83. The number of hydrogen-bond donors (Lipinski definition) is 3. The Labute approximate surface area is 89.3 Å². The van der Waals surface area contributed by atoms with Crippen LogP contribution in [-0.4, -0.2) is 0 Å². The standard InChI is InChI=1S/C12H15N3/c13-10-6-7-12(15,8-11(10)14)9-4-2-1-3-5-9/h1-7H,8,13-15H2. The first-order chi connectivity index (χ1) is 7.12. The molecule has 1 aliphatic rings. The van der Waals surface area contributed by atoms with E-state index in [0.29, 0.717) is 17.8 Å².